The van der Waals surface area contributed by atoms with Crippen molar-refractivity contribution in [2.24, 2.45) is 0 Å². The lowest BCUT2D eigenvalue weighted by molar-refractivity contribution is 0.194. The number of rotatable bonds is 6. The molecule has 30 heavy (non-hydrogen) atoms. The van der Waals surface area contributed by atoms with Crippen LogP contribution in [0.1, 0.15) is 24.5 Å². The molecule has 0 saturated heterocycles. The first kappa shape index (κ1) is 22.0. The fourth-order valence-corrected chi connectivity index (χ4v) is 3.53. The highest BCUT2D eigenvalue weighted by atomic mass is 35.5. The quantitative estimate of drug-likeness (QED) is 0.620. The topological polar surface area (TPSA) is 64.6 Å². The minimum absolute atomic E-state index is 0.131. The van der Waals surface area contributed by atoms with Gasteiger partial charge in [0.05, 0.1) is 11.1 Å². The molecule has 0 saturated carbocycles. The van der Waals surface area contributed by atoms with Crippen molar-refractivity contribution >= 4 is 28.9 Å². The van der Waals surface area contributed by atoms with Crippen LogP contribution in [0, 0.1) is 17.5 Å². The number of aliphatic hydroxyl groups excluding tert-OH is 1. The number of carbonyl (C=O) groups excluding carboxylic acids is 1. The fourth-order valence-electron chi connectivity index (χ4n) is 3.35. The molecular formula is C21H21ClF3N3O2. The van der Waals surface area contributed by atoms with Crippen LogP contribution in [0.4, 0.5) is 23.7 Å². The largest absolute Gasteiger partial charge is 0.396 e. The Labute approximate surface area is 177 Å². The van der Waals surface area contributed by atoms with Gasteiger partial charge in [0.25, 0.3) is 0 Å². The molecule has 2 aromatic rings. The molecular weight excluding hydrogens is 419 g/mol. The summed E-state index contributed by atoms with van der Waals surface area (Å²) in [7, 11) is 0. The van der Waals surface area contributed by atoms with Gasteiger partial charge in [-0.15, -0.1) is 0 Å². The van der Waals surface area contributed by atoms with E-state index in [4.69, 9.17) is 11.6 Å². The van der Waals surface area contributed by atoms with Crippen molar-refractivity contribution in [2.75, 3.05) is 18.5 Å². The van der Waals surface area contributed by atoms with Crippen LogP contribution in [0.5, 0.6) is 0 Å². The first-order valence-corrected chi connectivity index (χ1v) is 9.75. The lowest BCUT2D eigenvalue weighted by Gasteiger charge is -2.33. The summed E-state index contributed by atoms with van der Waals surface area (Å²) in [6.07, 6.45) is 1.98. The Hall–Kier alpha value is -2.71. The Kier molecular flexibility index (Phi) is 6.89. The van der Waals surface area contributed by atoms with E-state index in [2.05, 4.69) is 10.6 Å². The summed E-state index contributed by atoms with van der Waals surface area (Å²) in [5, 5.41) is 14.8. The molecule has 2 aromatic carbocycles. The number of anilines is 1. The van der Waals surface area contributed by atoms with E-state index in [0.29, 0.717) is 35.4 Å². The summed E-state index contributed by atoms with van der Waals surface area (Å²) < 4.78 is 40.9. The molecule has 1 aliphatic rings. The second-order valence-corrected chi connectivity index (χ2v) is 7.32. The number of benzene rings is 2. The Morgan fingerprint density at radius 3 is 2.67 bits per heavy atom. The molecule has 0 aromatic heterocycles. The van der Waals surface area contributed by atoms with E-state index in [1.54, 1.807) is 13.1 Å². The highest BCUT2D eigenvalue weighted by Crippen LogP contribution is 2.30. The molecule has 160 valence electrons. The molecule has 0 aliphatic carbocycles. The Morgan fingerprint density at radius 1 is 1.23 bits per heavy atom. The van der Waals surface area contributed by atoms with Crippen molar-refractivity contribution in [2.45, 2.75) is 25.9 Å². The van der Waals surface area contributed by atoms with Crippen molar-refractivity contribution in [3.8, 4) is 0 Å². The molecule has 0 fully saturated rings. The number of aliphatic hydroxyl groups is 1. The zero-order chi connectivity index (χ0) is 21.8. The van der Waals surface area contributed by atoms with Gasteiger partial charge in [-0.25, -0.2) is 18.0 Å². The molecule has 0 spiro atoms. The number of amides is 2. The van der Waals surface area contributed by atoms with E-state index in [0.717, 1.165) is 18.2 Å². The molecule has 0 radical (unpaired) electrons. The van der Waals surface area contributed by atoms with Crippen LogP contribution in [0.15, 0.2) is 36.5 Å². The van der Waals surface area contributed by atoms with Gasteiger partial charge >= 0.3 is 6.03 Å². The maximum absolute atomic E-state index is 13.9. The van der Waals surface area contributed by atoms with Gasteiger partial charge in [0, 0.05) is 31.6 Å². The molecule has 0 bridgehead atoms. The molecule has 1 heterocycles. The number of nitrogens with zero attached hydrogens (tertiary/aromatic N) is 1. The maximum atomic E-state index is 13.9. The third kappa shape index (κ3) is 4.71. The number of hydrogen-bond acceptors (Lipinski definition) is 3. The Bertz CT molecular complexity index is 984. The summed E-state index contributed by atoms with van der Waals surface area (Å²) in [6.45, 7) is 2.15. The van der Waals surface area contributed by atoms with Crippen LogP contribution in [-0.4, -0.2) is 35.2 Å². The van der Waals surface area contributed by atoms with Crippen molar-refractivity contribution < 1.29 is 23.1 Å². The standard InChI is InChI=1S/C21H21ClF3N3O2/c1-12(16-11-26-10-13-7-19(24)20(25)9-15(13)16)28(5-2-6-29)21(30)27-14-3-4-18(23)17(22)8-14/h3-4,7-9,11-12,26,29H,2,5-6,10H2,1H3,(H,27,30). The van der Waals surface area contributed by atoms with Crippen LogP contribution < -0.4 is 10.6 Å². The molecule has 1 atom stereocenters. The summed E-state index contributed by atoms with van der Waals surface area (Å²) in [6, 6.07) is 5.02. The zero-order valence-electron chi connectivity index (χ0n) is 16.2. The lowest BCUT2D eigenvalue weighted by atomic mass is 9.92. The number of hydrogen-bond donors (Lipinski definition) is 3. The van der Waals surface area contributed by atoms with Crippen molar-refractivity contribution in [1.82, 2.24) is 10.2 Å². The van der Waals surface area contributed by atoms with Gasteiger partial charge in [0.15, 0.2) is 11.6 Å². The van der Waals surface area contributed by atoms with Gasteiger partial charge in [-0.1, -0.05) is 11.6 Å². The monoisotopic (exact) mass is 439 g/mol. The number of carbonyl (C=O) groups is 1. The predicted molar refractivity (Wildman–Crippen MR) is 109 cm³/mol. The van der Waals surface area contributed by atoms with Crippen LogP contribution in [-0.2, 0) is 6.54 Å². The molecule has 1 unspecified atom stereocenters. The Balaban J connectivity index is 1.88. The van der Waals surface area contributed by atoms with Crippen LogP contribution in [0.3, 0.4) is 0 Å². The summed E-state index contributed by atoms with van der Waals surface area (Å²) in [5.74, 6) is -2.52. The van der Waals surface area contributed by atoms with Gasteiger partial charge in [0.2, 0.25) is 0 Å². The summed E-state index contributed by atoms with van der Waals surface area (Å²) in [4.78, 5) is 14.4. The van der Waals surface area contributed by atoms with Crippen LogP contribution >= 0.6 is 11.6 Å². The molecule has 5 nitrogen and oxygen atoms in total. The minimum atomic E-state index is -0.971. The SMILES string of the molecule is CC(C1=CNCc2cc(F)c(F)cc21)N(CCCO)C(=O)Nc1ccc(F)c(Cl)c1. The number of urea groups is 1. The van der Waals surface area contributed by atoms with Gasteiger partial charge in [-0.05, 0) is 60.4 Å². The lowest BCUT2D eigenvalue weighted by Crippen LogP contribution is -2.43. The normalized spacial score (nSPS) is 13.7. The second kappa shape index (κ2) is 9.40. The Morgan fingerprint density at radius 2 is 1.97 bits per heavy atom. The molecule has 9 heteroatoms. The molecule has 3 N–H and O–H groups in total. The third-order valence-corrected chi connectivity index (χ3v) is 5.20. The summed E-state index contributed by atoms with van der Waals surface area (Å²) >= 11 is 5.77. The number of halogens is 4. The van der Waals surface area contributed by atoms with Crippen LogP contribution in [0.25, 0.3) is 5.57 Å². The number of fused-ring (bicyclic) bond motifs is 1. The zero-order valence-corrected chi connectivity index (χ0v) is 16.9. The molecule has 1 aliphatic heterocycles. The van der Waals surface area contributed by atoms with Gasteiger partial charge in [0.1, 0.15) is 5.82 Å². The van der Waals surface area contributed by atoms with E-state index < -0.39 is 29.5 Å². The second-order valence-electron chi connectivity index (χ2n) is 6.91. The average Bonchev–Trinajstić information content (AvgIpc) is 2.71. The van der Waals surface area contributed by atoms with E-state index >= 15 is 0 Å². The maximum Gasteiger partial charge on any atom is 0.322 e. The van der Waals surface area contributed by atoms with Crippen molar-refractivity contribution in [1.29, 1.82) is 0 Å². The van der Waals surface area contributed by atoms with E-state index in [1.165, 1.54) is 17.0 Å². The van der Waals surface area contributed by atoms with E-state index in [-0.39, 0.29) is 18.2 Å². The van der Waals surface area contributed by atoms with E-state index in [1.807, 2.05) is 0 Å². The van der Waals surface area contributed by atoms with Crippen LogP contribution in [0.2, 0.25) is 5.02 Å². The minimum Gasteiger partial charge on any atom is -0.396 e. The van der Waals surface area contributed by atoms with Gasteiger partial charge in [-0.3, -0.25) is 0 Å². The molecule has 2 amide bonds. The highest BCUT2D eigenvalue weighted by molar-refractivity contribution is 6.31. The first-order valence-electron chi connectivity index (χ1n) is 9.37. The fraction of sp³-hybridized carbons (Fsp3) is 0.286. The smallest absolute Gasteiger partial charge is 0.322 e. The van der Waals surface area contributed by atoms with Gasteiger partial charge < -0.3 is 20.6 Å². The summed E-state index contributed by atoms with van der Waals surface area (Å²) in [5.41, 5.74) is 1.98. The van der Waals surface area contributed by atoms with Crippen molar-refractivity contribution in [3.63, 3.8) is 0 Å². The first-order chi connectivity index (χ1) is 14.3. The van der Waals surface area contributed by atoms with Gasteiger partial charge in [-0.2, -0.15) is 0 Å². The highest BCUT2D eigenvalue weighted by Gasteiger charge is 2.27. The van der Waals surface area contributed by atoms with Crippen molar-refractivity contribution in [3.05, 3.63) is 70.1 Å². The third-order valence-electron chi connectivity index (χ3n) is 4.91. The van der Waals surface area contributed by atoms with E-state index in [9.17, 15) is 23.1 Å². The predicted octanol–water partition coefficient (Wildman–Crippen LogP) is 4.51. The average molecular weight is 440 g/mol. The molecule has 3 rings (SSSR count). The number of nitrogens with one attached hydrogen (secondary N) is 2.